The Morgan fingerprint density at radius 1 is 1.47 bits per heavy atom. The molecular weight excluding hydrogens is 240 g/mol. The van der Waals surface area contributed by atoms with Crippen molar-refractivity contribution in [2.45, 2.75) is 24.8 Å². The van der Waals surface area contributed by atoms with Crippen LogP contribution in [0.15, 0.2) is 29.2 Å². The highest BCUT2D eigenvalue weighted by Gasteiger charge is 2.14. The second kappa shape index (κ2) is 6.24. The van der Waals surface area contributed by atoms with Crippen LogP contribution in [0.25, 0.3) is 0 Å². The monoisotopic (exact) mass is 254 g/mol. The van der Waals surface area contributed by atoms with Crippen LogP contribution in [0.3, 0.4) is 0 Å². The molecule has 1 aromatic rings. The maximum absolute atomic E-state index is 11.4. The maximum atomic E-state index is 11.4. The van der Waals surface area contributed by atoms with Gasteiger partial charge in [-0.2, -0.15) is 0 Å². The zero-order valence-corrected chi connectivity index (χ0v) is 10.5. The standard InChI is InChI=1S/C11H14N2O3S/c1-8(2)12-11(14)7-17-10-6-4-3-5-9(10)13(15)16/h3-6,8H,7H2,1-2H3,(H,12,14). The van der Waals surface area contributed by atoms with Crippen LogP contribution in [0.5, 0.6) is 0 Å². The lowest BCUT2D eigenvalue weighted by atomic mass is 10.3. The molecule has 0 heterocycles. The largest absolute Gasteiger partial charge is 0.353 e. The van der Waals surface area contributed by atoms with Gasteiger partial charge in [0, 0.05) is 12.1 Å². The molecule has 0 radical (unpaired) electrons. The molecule has 0 spiro atoms. The van der Waals surface area contributed by atoms with Crippen LogP contribution in [0, 0.1) is 10.1 Å². The average Bonchev–Trinajstić information content (AvgIpc) is 2.25. The maximum Gasteiger partial charge on any atom is 0.282 e. The number of carbonyl (C=O) groups is 1. The minimum absolute atomic E-state index is 0.0369. The molecule has 0 saturated heterocycles. The molecule has 0 bridgehead atoms. The van der Waals surface area contributed by atoms with Gasteiger partial charge in [0.15, 0.2) is 0 Å². The molecule has 0 fully saturated rings. The van der Waals surface area contributed by atoms with E-state index in [0.717, 1.165) is 0 Å². The highest BCUT2D eigenvalue weighted by Crippen LogP contribution is 2.28. The van der Waals surface area contributed by atoms with E-state index in [0.29, 0.717) is 4.90 Å². The molecule has 0 atom stereocenters. The molecule has 1 N–H and O–H groups in total. The SMILES string of the molecule is CC(C)NC(=O)CSc1ccccc1[N+](=O)[O-]. The highest BCUT2D eigenvalue weighted by molar-refractivity contribution is 8.00. The third-order valence-corrected chi connectivity index (χ3v) is 2.93. The minimum Gasteiger partial charge on any atom is -0.353 e. The summed E-state index contributed by atoms with van der Waals surface area (Å²) in [6, 6.07) is 6.48. The van der Waals surface area contributed by atoms with Crippen molar-refractivity contribution in [3.63, 3.8) is 0 Å². The molecule has 17 heavy (non-hydrogen) atoms. The topological polar surface area (TPSA) is 72.2 Å². The van der Waals surface area contributed by atoms with Crippen molar-refractivity contribution in [2.75, 3.05) is 5.75 Å². The first-order valence-corrected chi connectivity index (χ1v) is 6.15. The van der Waals surface area contributed by atoms with Crippen molar-refractivity contribution >= 4 is 23.4 Å². The zero-order chi connectivity index (χ0) is 12.8. The third kappa shape index (κ3) is 4.44. The fraction of sp³-hybridized carbons (Fsp3) is 0.364. The molecule has 1 rings (SSSR count). The number of hydrogen-bond donors (Lipinski definition) is 1. The van der Waals surface area contributed by atoms with Crippen molar-refractivity contribution in [3.8, 4) is 0 Å². The number of hydrogen-bond acceptors (Lipinski definition) is 4. The van der Waals surface area contributed by atoms with Crippen LogP contribution in [0.4, 0.5) is 5.69 Å². The summed E-state index contributed by atoms with van der Waals surface area (Å²) in [5.41, 5.74) is 0.0369. The van der Waals surface area contributed by atoms with E-state index >= 15 is 0 Å². The van der Waals surface area contributed by atoms with E-state index in [1.165, 1.54) is 17.8 Å². The van der Waals surface area contributed by atoms with Gasteiger partial charge in [0.25, 0.3) is 5.69 Å². The fourth-order valence-corrected chi connectivity index (χ4v) is 2.07. The second-order valence-corrected chi connectivity index (χ2v) is 4.75. The van der Waals surface area contributed by atoms with Crippen molar-refractivity contribution in [1.82, 2.24) is 5.32 Å². The predicted octanol–water partition coefficient (Wildman–Crippen LogP) is 2.21. The number of nitro benzene ring substituents is 1. The van der Waals surface area contributed by atoms with Crippen LogP contribution >= 0.6 is 11.8 Å². The quantitative estimate of drug-likeness (QED) is 0.497. The van der Waals surface area contributed by atoms with E-state index in [2.05, 4.69) is 5.32 Å². The Labute approximate surface area is 104 Å². The molecule has 6 heteroatoms. The van der Waals surface area contributed by atoms with Gasteiger partial charge in [0.05, 0.1) is 15.6 Å². The third-order valence-electron chi connectivity index (χ3n) is 1.87. The van der Waals surface area contributed by atoms with Crippen LogP contribution in [0.1, 0.15) is 13.8 Å². The van der Waals surface area contributed by atoms with Gasteiger partial charge >= 0.3 is 0 Å². The van der Waals surface area contributed by atoms with Gasteiger partial charge in [-0.3, -0.25) is 14.9 Å². The average molecular weight is 254 g/mol. The van der Waals surface area contributed by atoms with Gasteiger partial charge in [-0.15, -0.1) is 11.8 Å². The van der Waals surface area contributed by atoms with Crippen molar-refractivity contribution in [2.24, 2.45) is 0 Å². The van der Waals surface area contributed by atoms with Gasteiger partial charge in [-0.25, -0.2) is 0 Å². The van der Waals surface area contributed by atoms with Gasteiger partial charge in [0.2, 0.25) is 5.91 Å². The fourth-order valence-electron chi connectivity index (χ4n) is 1.24. The second-order valence-electron chi connectivity index (χ2n) is 3.74. The van der Waals surface area contributed by atoms with Gasteiger partial charge in [-0.1, -0.05) is 12.1 Å². The first kappa shape index (κ1) is 13.5. The summed E-state index contributed by atoms with van der Waals surface area (Å²) in [4.78, 5) is 22.2. The summed E-state index contributed by atoms with van der Waals surface area (Å²) in [6.45, 7) is 3.74. The summed E-state index contributed by atoms with van der Waals surface area (Å²) in [7, 11) is 0. The van der Waals surface area contributed by atoms with Crippen LogP contribution in [-0.4, -0.2) is 22.6 Å². The molecule has 0 aliphatic carbocycles. The lowest BCUT2D eigenvalue weighted by molar-refractivity contribution is -0.387. The summed E-state index contributed by atoms with van der Waals surface area (Å²) in [5, 5.41) is 13.5. The smallest absolute Gasteiger partial charge is 0.282 e. The number of nitrogens with one attached hydrogen (secondary N) is 1. The van der Waals surface area contributed by atoms with Gasteiger partial charge in [0.1, 0.15) is 0 Å². The summed E-state index contributed by atoms with van der Waals surface area (Å²) < 4.78 is 0. The number of rotatable bonds is 5. The summed E-state index contributed by atoms with van der Waals surface area (Å²) in [6.07, 6.45) is 0. The molecule has 0 aromatic heterocycles. The molecule has 5 nitrogen and oxygen atoms in total. The minimum atomic E-state index is -0.442. The normalized spacial score (nSPS) is 10.3. The molecule has 0 saturated carbocycles. The number of thioether (sulfide) groups is 1. The van der Waals surface area contributed by atoms with Crippen molar-refractivity contribution < 1.29 is 9.72 Å². The molecule has 0 aliphatic rings. The van der Waals surface area contributed by atoms with E-state index in [1.54, 1.807) is 18.2 Å². The van der Waals surface area contributed by atoms with Gasteiger partial charge < -0.3 is 5.32 Å². The Morgan fingerprint density at radius 2 is 2.12 bits per heavy atom. The van der Waals surface area contributed by atoms with Crippen molar-refractivity contribution in [3.05, 3.63) is 34.4 Å². The zero-order valence-electron chi connectivity index (χ0n) is 9.67. The number of carbonyl (C=O) groups excluding carboxylic acids is 1. The Hall–Kier alpha value is -1.56. The number of para-hydroxylation sites is 1. The number of benzene rings is 1. The number of nitro groups is 1. The number of amides is 1. The van der Waals surface area contributed by atoms with E-state index < -0.39 is 4.92 Å². The summed E-state index contributed by atoms with van der Waals surface area (Å²) >= 11 is 1.17. The highest BCUT2D eigenvalue weighted by atomic mass is 32.2. The molecule has 92 valence electrons. The lowest BCUT2D eigenvalue weighted by Crippen LogP contribution is -2.31. The van der Waals surface area contributed by atoms with E-state index in [4.69, 9.17) is 0 Å². The van der Waals surface area contributed by atoms with Crippen LogP contribution in [-0.2, 0) is 4.79 Å². The van der Waals surface area contributed by atoms with Crippen LogP contribution < -0.4 is 5.32 Å². The van der Waals surface area contributed by atoms with E-state index in [9.17, 15) is 14.9 Å². The molecule has 1 aromatic carbocycles. The molecule has 0 unspecified atom stereocenters. The number of nitrogens with zero attached hydrogens (tertiary/aromatic N) is 1. The van der Waals surface area contributed by atoms with E-state index in [1.807, 2.05) is 13.8 Å². The van der Waals surface area contributed by atoms with Crippen molar-refractivity contribution in [1.29, 1.82) is 0 Å². The van der Waals surface area contributed by atoms with E-state index in [-0.39, 0.29) is 23.4 Å². The first-order valence-electron chi connectivity index (χ1n) is 5.16. The Bertz CT molecular complexity index is 421. The Balaban J connectivity index is 2.63. The Kier molecular flexibility index (Phi) is 4.96. The Morgan fingerprint density at radius 3 is 2.71 bits per heavy atom. The summed E-state index contributed by atoms with van der Waals surface area (Å²) in [5.74, 6) is 0.0615. The van der Waals surface area contributed by atoms with Gasteiger partial charge in [-0.05, 0) is 19.9 Å². The van der Waals surface area contributed by atoms with Crippen LogP contribution in [0.2, 0.25) is 0 Å². The predicted molar refractivity (Wildman–Crippen MR) is 67.1 cm³/mol. The molecule has 1 amide bonds. The molecular formula is C11H14N2O3S. The first-order chi connectivity index (χ1) is 8.00. The lowest BCUT2D eigenvalue weighted by Gasteiger charge is -2.07. The molecule has 0 aliphatic heterocycles.